The highest BCUT2D eigenvalue weighted by atomic mass is 32.2. The van der Waals surface area contributed by atoms with E-state index in [2.05, 4.69) is 25.8 Å². The molecule has 0 saturated carbocycles. The number of anilines is 2. The van der Waals surface area contributed by atoms with Gasteiger partial charge in [0.05, 0.1) is 21.3 Å². The fraction of sp³-hybridized carbons (Fsp3) is 0.200. The van der Waals surface area contributed by atoms with Gasteiger partial charge in [0.1, 0.15) is 0 Å². The van der Waals surface area contributed by atoms with Crippen LogP contribution in [0.4, 0.5) is 11.6 Å². The van der Waals surface area contributed by atoms with E-state index < -0.39 is 0 Å². The Labute approximate surface area is 182 Å². The molecular formula is C20H20N6O4S. The zero-order valence-electron chi connectivity index (χ0n) is 17.1. The smallest absolute Gasteiger partial charge is 0.256 e. The van der Waals surface area contributed by atoms with E-state index >= 15 is 0 Å². The molecule has 0 aliphatic rings. The predicted molar refractivity (Wildman–Crippen MR) is 116 cm³/mol. The molecule has 0 bridgehead atoms. The number of nitriles is 1. The van der Waals surface area contributed by atoms with Gasteiger partial charge >= 0.3 is 0 Å². The van der Waals surface area contributed by atoms with E-state index in [0.717, 1.165) is 5.56 Å². The Bertz CT molecular complexity index is 1090. The van der Waals surface area contributed by atoms with Crippen molar-refractivity contribution in [2.75, 3.05) is 32.0 Å². The lowest BCUT2D eigenvalue weighted by Gasteiger charge is -2.14. The summed E-state index contributed by atoms with van der Waals surface area (Å²) in [4.78, 5) is 16.9. The van der Waals surface area contributed by atoms with Crippen molar-refractivity contribution in [3.63, 3.8) is 0 Å². The standard InChI is InChI=1S/C20H20N6O4S/c1-28-15-8-14(9-16(29-2)17(15)30-3)23-18(27)13-6-4-5-12(7-13)10-31-20-24-19(22-11-21)25-26-20/h4-9H,10H2,1-3H3,(H,23,27)(H2,22,24,25,26). The van der Waals surface area contributed by atoms with Crippen LogP contribution in [0.25, 0.3) is 0 Å². The van der Waals surface area contributed by atoms with Gasteiger partial charge in [0, 0.05) is 29.1 Å². The molecule has 1 aromatic heterocycles. The molecule has 0 aliphatic heterocycles. The largest absolute Gasteiger partial charge is 0.493 e. The van der Waals surface area contributed by atoms with Crippen LogP contribution >= 0.6 is 11.8 Å². The lowest BCUT2D eigenvalue weighted by atomic mass is 10.1. The summed E-state index contributed by atoms with van der Waals surface area (Å²) in [6, 6.07) is 10.6. The first-order chi connectivity index (χ1) is 15.1. The topological polar surface area (TPSA) is 134 Å². The molecular weight excluding hydrogens is 420 g/mol. The Hall–Kier alpha value is -3.91. The Kier molecular flexibility index (Phi) is 7.18. The van der Waals surface area contributed by atoms with E-state index in [4.69, 9.17) is 19.5 Å². The van der Waals surface area contributed by atoms with Crippen molar-refractivity contribution in [3.8, 4) is 23.4 Å². The maximum atomic E-state index is 12.8. The van der Waals surface area contributed by atoms with Gasteiger partial charge in [-0.2, -0.15) is 10.2 Å². The third kappa shape index (κ3) is 5.37. The number of amides is 1. The van der Waals surface area contributed by atoms with Crippen LogP contribution in [0.1, 0.15) is 15.9 Å². The minimum Gasteiger partial charge on any atom is -0.493 e. The van der Waals surface area contributed by atoms with Crippen LogP contribution in [0, 0.1) is 11.5 Å². The van der Waals surface area contributed by atoms with Gasteiger partial charge < -0.3 is 19.5 Å². The summed E-state index contributed by atoms with van der Waals surface area (Å²) in [7, 11) is 4.54. The van der Waals surface area contributed by atoms with Gasteiger partial charge in [-0.05, 0) is 17.7 Å². The molecule has 0 atom stereocenters. The number of hydrogen-bond acceptors (Lipinski definition) is 9. The van der Waals surface area contributed by atoms with Gasteiger partial charge in [-0.1, -0.05) is 23.9 Å². The summed E-state index contributed by atoms with van der Waals surface area (Å²) in [6.45, 7) is 0. The van der Waals surface area contributed by atoms with Crippen LogP contribution in [-0.2, 0) is 5.75 Å². The normalized spacial score (nSPS) is 10.1. The summed E-state index contributed by atoms with van der Waals surface area (Å²) < 4.78 is 15.9. The SMILES string of the molecule is COc1cc(NC(=O)c2cccc(CSc3nc(NC#N)n[nH]3)c2)cc(OC)c1OC. The maximum Gasteiger partial charge on any atom is 0.256 e. The highest BCUT2D eigenvalue weighted by Crippen LogP contribution is 2.40. The highest BCUT2D eigenvalue weighted by Gasteiger charge is 2.15. The van der Waals surface area contributed by atoms with E-state index in [1.165, 1.54) is 33.1 Å². The number of methoxy groups -OCH3 is 3. The van der Waals surface area contributed by atoms with Gasteiger partial charge in [0.15, 0.2) is 22.8 Å². The molecule has 0 fully saturated rings. The number of rotatable bonds is 9. The summed E-state index contributed by atoms with van der Waals surface area (Å²) in [5, 5.41) is 21.0. The monoisotopic (exact) mass is 440 g/mol. The lowest BCUT2D eigenvalue weighted by molar-refractivity contribution is 0.102. The molecule has 1 amide bonds. The second-order valence-corrected chi connectivity index (χ2v) is 7.02. The number of thioether (sulfide) groups is 1. The van der Waals surface area contributed by atoms with Crippen molar-refractivity contribution in [1.29, 1.82) is 5.26 Å². The highest BCUT2D eigenvalue weighted by molar-refractivity contribution is 7.98. The number of H-pyrrole nitrogens is 1. The summed E-state index contributed by atoms with van der Waals surface area (Å²) in [5.74, 6) is 1.83. The molecule has 3 N–H and O–H groups in total. The third-order valence-electron chi connectivity index (χ3n) is 4.12. The third-order valence-corrected chi connectivity index (χ3v) is 5.05. The number of aromatic nitrogens is 3. The molecule has 31 heavy (non-hydrogen) atoms. The molecule has 0 radical (unpaired) electrons. The first kappa shape index (κ1) is 21.8. The van der Waals surface area contributed by atoms with E-state index in [9.17, 15) is 4.79 Å². The Morgan fingerprint density at radius 3 is 2.55 bits per heavy atom. The number of nitrogens with zero attached hydrogens (tertiary/aromatic N) is 3. The minimum atomic E-state index is -0.277. The van der Waals surface area contributed by atoms with Crippen LogP contribution in [0.15, 0.2) is 41.6 Å². The average Bonchev–Trinajstić information content (AvgIpc) is 3.24. The molecule has 0 spiro atoms. The molecule has 1 heterocycles. The molecule has 11 heteroatoms. The van der Waals surface area contributed by atoms with Crippen molar-refractivity contribution in [1.82, 2.24) is 15.2 Å². The quantitative estimate of drug-likeness (QED) is 0.260. The van der Waals surface area contributed by atoms with Crippen molar-refractivity contribution in [3.05, 3.63) is 47.5 Å². The molecule has 10 nitrogen and oxygen atoms in total. The molecule has 3 rings (SSSR count). The van der Waals surface area contributed by atoms with Crippen molar-refractivity contribution in [2.24, 2.45) is 0 Å². The number of ether oxygens (including phenoxy) is 3. The number of carbonyl (C=O) groups is 1. The van der Waals surface area contributed by atoms with E-state index in [-0.39, 0.29) is 11.9 Å². The number of hydrogen-bond donors (Lipinski definition) is 3. The Balaban J connectivity index is 1.70. The molecule has 0 aliphatic carbocycles. The van der Waals surface area contributed by atoms with Gasteiger partial charge in [-0.15, -0.1) is 5.10 Å². The van der Waals surface area contributed by atoms with Crippen molar-refractivity contribution in [2.45, 2.75) is 10.9 Å². The van der Waals surface area contributed by atoms with Crippen LogP contribution in [-0.4, -0.2) is 42.4 Å². The summed E-state index contributed by atoms with van der Waals surface area (Å²) in [6.07, 6.45) is 1.76. The zero-order chi connectivity index (χ0) is 22.2. The van der Waals surface area contributed by atoms with Gasteiger partial charge in [0.25, 0.3) is 11.9 Å². The van der Waals surface area contributed by atoms with Gasteiger partial charge in [-0.3, -0.25) is 15.2 Å². The number of carbonyl (C=O) groups excluding carboxylic acids is 1. The van der Waals surface area contributed by atoms with Gasteiger partial charge in [0.2, 0.25) is 5.75 Å². The van der Waals surface area contributed by atoms with Crippen molar-refractivity contribution >= 4 is 29.3 Å². The van der Waals surface area contributed by atoms with Crippen molar-refractivity contribution < 1.29 is 19.0 Å². The number of benzene rings is 2. The summed E-state index contributed by atoms with van der Waals surface area (Å²) in [5.41, 5.74) is 1.93. The van der Waals surface area contributed by atoms with E-state index in [0.29, 0.717) is 39.4 Å². The van der Waals surface area contributed by atoms with Crippen LogP contribution < -0.4 is 24.8 Å². The molecule has 0 saturated heterocycles. The predicted octanol–water partition coefficient (Wildman–Crippen LogP) is 3.27. The van der Waals surface area contributed by atoms with Crippen LogP contribution in [0.2, 0.25) is 0 Å². The molecule has 0 unspecified atom stereocenters. The maximum absolute atomic E-state index is 12.8. The fourth-order valence-corrected chi connectivity index (χ4v) is 3.47. The zero-order valence-corrected chi connectivity index (χ0v) is 17.9. The second-order valence-electron chi connectivity index (χ2n) is 6.06. The van der Waals surface area contributed by atoms with Gasteiger partial charge in [-0.25, -0.2) is 0 Å². The lowest BCUT2D eigenvalue weighted by Crippen LogP contribution is -2.12. The van der Waals surface area contributed by atoms with E-state index in [1.807, 2.05) is 12.1 Å². The minimum absolute atomic E-state index is 0.212. The summed E-state index contributed by atoms with van der Waals surface area (Å²) >= 11 is 1.40. The fourth-order valence-electron chi connectivity index (χ4n) is 2.73. The molecule has 3 aromatic rings. The molecule has 2 aromatic carbocycles. The Morgan fingerprint density at radius 1 is 1.16 bits per heavy atom. The van der Waals surface area contributed by atoms with Crippen LogP contribution in [0.3, 0.4) is 0 Å². The number of nitrogens with one attached hydrogen (secondary N) is 3. The van der Waals surface area contributed by atoms with E-state index in [1.54, 1.807) is 30.5 Å². The first-order valence-electron chi connectivity index (χ1n) is 8.98. The van der Waals surface area contributed by atoms with Crippen LogP contribution in [0.5, 0.6) is 17.2 Å². The first-order valence-corrected chi connectivity index (χ1v) is 9.97. The molecule has 160 valence electrons. The average molecular weight is 440 g/mol. The second kappa shape index (κ2) is 10.2. The Morgan fingerprint density at radius 2 is 1.90 bits per heavy atom. The number of aromatic amines is 1.